The van der Waals surface area contributed by atoms with E-state index in [2.05, 4.69) is 29.3 Å². The standard InChI is InChI=1S/C31H31N3O3/c1-22(2)26-19-33-28(30(29(26)35)37-20-23-13-7-4-8-14-23)31(36)32(3)21-34(33)27(24-15-9-5-10-16-24)25-17-11-6-12-18-25/h4-19,22,27H,20-21H2,1-3H3. The second kappa shape index (κ2) is 10.3. The molecule has 0 bridgehead atoms. The number of aromatic nitrogens is 1. The molecule has 3 aromatic carbocycles. The molecule has 0 radical (unpaired) electrons. The molecule has 4 aromatic rings. The van der Waals surface area contributed by atoms with Gasteiger partial charge in [0.25, 0.3) is 5.91 Å². The Morgan fingerprint density at radius 1 is 0.811 bits per heavy atom. The lowest BCUT2D eigenvalue weighted by molar-refractivity contribution is 0.0723. The molecule has 0 spiro atoms. The van der Waals surface area contributed by atoms with Gasteiger partial charge < -0.3 is 9.64 Å². The van der Waals surface area contributed by atoms with E-state index in [0.717, 1.165) is 16.7 Å². The predicted octanol–water partition coefficient (Wildman–Crippen LogP) is 5.32. The first-order chi connectivity index (χ1) is 18.0. The Bertz CT molecular complexity index is 1390. The molecule has 1 amide bonds. The normalized spacial score (nSPS) is 13.3. The molecule has 1 aromatic heterocycles. The molecule has 0 unspecified atom stereocenters. The summed E-state index contributed by atoms with van der Waals surface area (Å²) in [5.41, 5.74) is 3.70. The molecule has 0 atom stereocenters. The number of hydrogen-bond acceptors (Lipinski definition) is 4. The van der Waals surface area contributed by atoms with Gasteiger partial charge in [0, 0.05) is 18.8 Å². The van der Waals surface area contributed by atoms with Gasteiger partial charge in [-0.25, -0.2) is 0 Å². The highest BCUT2D eigenvalue weighted by Gasteiger charge is 2.36. The first-order valence-corrected chi connectivity index (χ1v) is 12.5. The molecule has 6 heteroatoms. The molecular formula is C31H31N3O3. The average molecular weight is 494 g/mol. The Morgan fingerprint density at radius 3 is 1.89 bits per heavy atom. The molecule has 5 rings (SSSR count). The monoisotopic (exact) mass is 493 g/mol. The third-order valence-corrected chi connectivity index (χ3v) is 6.73. The quantitative estimate of drug-likeness (QED) is 0.350. The maximum atomic E-state index is 13.6. The Hall–Kier alpha value is -4.32. The van der Waals surface area contributed by atoms with Gasteiger partial charge in [-0.3, -0.25) is 19.3 Å². The van der Waals surface area contributed by atoms with Gasteiger partial charge in [-0.15, -0.1) is 0 Å². The second-order valence-electron chi connectivity index (χ2n) is 9.67. The summed E-state index contributed by atoms with van der Waals surface area (Å²) >= 11 is 0. The highest BCUT2D eigenvalue weighted by Crippen LogP contribution is 2.33. The van der Waals surface area contributed by atoms with Gasteiger partial charge in [-0.05, 0) is 22.6 Å². The summed E-state index contributed by atoms with van der Waals surface area (Å²) in [7, 11) is 1.76. The molecule has 37 heavy (non-hydrogen) atoms. The van der Waals surface area contributed by atoms with E-state index in [4.69, 9.17) is 4.74 Å². The maximum absolute atomic E-state index is 13.6. The van der Waals surface area contributed by atoms with Crippen LogP contribution >= 0.6 is 0 Å². The molecule has 1 aliphatic rings. The van der Waals surface area contributed by atoms with Crippen molar-refractivity contribution < 1.29 is 9.53 Å². The first kappa shape index (κ1) is 24.4. The van der Waals surface area contributed by atoms with Gasteiger partial charge in [0.15, 0.2) is 11.4 Å². The van der Waals surface area contributed by atoms with E-state index in [-0.39, 0.29) is 41.3 Å². The average Bonchev–Trinajstić information content (AvgIpc) is 2.92. The largest absolute Gasteiger partial charge is 0.482 e. The SMILES string of the molecule is CC(C)c1cn2c(c(OCc3ccccc3)c1=O)C(=O)N(C)CN2C(c1ccccc1)c1ccccc1. The lowest BCUT2D eigenvalue weighted by atomic mass is 9.97. The number of fused-ring (bicyclic) bond motifs is 1. The fourth-order valence-corrected chi connectivity index (χ4v) is 4.81. The summed E-state index contributed by atoms with van der Waals surface area (Å²) in [6, 6.07) is 29.9. The van der Waals surface area contributed by atoms with Crippen molar-refractivity contribution in [3.63, 3.8) is 0 Å². The Labute approximate surface area is 217 Å². The molecular weight excluding hydrogens is 462 g/mol. The number of hydrogen-bond donors (Lipinski definition) is 0. The van der Waals surface area contributed by atoms with Crippen molar-refractivity contribution in [3.05, 3.63) is 135 Å². The van der Waals surface area contributed by atoms with E-state index in [1.807, 2.05) is 91.5 Å². The van der Waals surface area contributed by atoms with Crippen LogP contribution in [-0.2, 0) is 6.61 Å². The molecule has 0 aliphatic carbocycles. The summed E-state index contributed by atoms with van der Waals surface area (Å²) in [6.45, 7) is 4.51. The minimum atomic E-state index is -0.244. The number of benzene rings is 3. The minimum Gasteiger partial charge on any atom is -0.482 e. The summed E-state index contributed by atoms with van der Waals surface area (Å²) in [6.07, 6.45) is 1.82. The van der Waals surface area contributed by atoms with Crippen molar-refractivity contribution in [2.45, 2.75) is 32.4 Å². The third kappa shape index (κ3) is 4.75. The zero-order chi connectivity index (χ0) is 25.9. The fraction of sp³-hybridized carbons (Fsp3) is 0.226. The summed E-state index contributed by atoms with van der Waals surface area (Å²) in [4.78, 5) is 28.9. The number of amides is 1. The van der Waals surface area contributed by atoms with Crippen molar-refractivity contribution in [2.75, 3.05) is 18.7 Å². The fourth-order valence-electron chi connectivity index (χ4n) is 4.81. The first-order valence-electron chi connectivity index (χ1n) is 12.5. The number of rotatable bonds is 7. The number of pyridine rings is 1. The van der Waals surface area contributed by atoms with Crippen molar-refractivity contribution in [3.8, 4) is 5.75 Å². The zero-order valence-electron chi connectivity index (χ0n) is 21.4. The van der Waals surface area contributed by atoms with Crippen molar-refractivity contribution in [1.29, 1.82) is 0 Å². The van der Waals surface area contributed by atoms with Crippen LogP contribution in [0.4, 0.5) is 0 Å². The van der Waals surface area contributed by atoms with Crippen LogP contribution in [-0.4, -0.2) is 29.2 Å². The summed E-state index contributed by atoms with van der Waals surface area (Å²) in [5.74, 6) is -0.198. The topological polar surface area (TPSA) is 54.8 Å². The van der Waals surface area contributed by atoms with Crippen LogP contribution < -0.4 is 15.2 Å². The van der Waals surface area contributed by atoms with Gasteiger partial charge in [0.05, 0.1) is 6.04 Å². The summed E-state index contributed by atoms with van der Waals surface area (Å²) < 4.78 is 8.01. The van der Waals surface area contributed by atoms with Gasteiger partial charge in [-0.2, -0.15) is 0 Å². The van der Waals surface area contributed by atoms with Gasteiger partial charge in [-0.1, -0.05) is 105 Å². The highest BCUT2D eigenvalue weighted by molar-refractivity contribution is 5.96. The number of nitrogens with zero attached hydrogens (tertiary/aromatic N) is 3. The van der Waals surface area contributed by atoms with Crippen LogP contribution in [0.1, 0.15) is 58.5 Å². The van der Waals surface area contributed by atoms with E-state index in [9.17, 15) is 9.59 Å². The van der Waals surface area contributed by atoms with Crippen LogP contribution in [0, 0.1) is 0 Å². The van der Waals surface area contributed by atoms with E-state index in [1.165, 1.54) is 0 Å². The Morgan fingerprint density at radius 2 is 1.35 bits per heavy atom. The van der Waals surface area contributed by atoms with Crippen LogP contribution in [0.3, 0.4) is 0 Å². The molecule has 2 heterocycles. The smallest absolute Gasteiger partial charge is 0.277 e. The predicted molar refractivity (Wildman–Crippen MR) is 145 cm³/mol. The van der Waals surface area contributed by atoms with E-state index in [1.54, 1.807) is 11.9 Å². The lowest BCUT2D eigenvalue weighted by Crippen LogP contribution is -2.54. The molecule has 0 N–H and O–H groups in total. The number of ether oxygens (including phenoxy) is 1. The molecule has 6 nitrogen and oxygen atoms in total. The van der Waals surface area contributed by atoms with Crippen LogP contribution in [0.5, 0.6) is 5.75 Å². The highest BCUT2D eigenvalue weighted by atomic mass is 16.5. The lowest BCUT2D eigenvalue weighted by Gasteiger charge is -2.43. The summed E-state index contributed by atoms with van der Waals surface area (Å²) in [5, 5.41) is 2.13. The van der Waals surface area contributed by atoms with E-state index < -0.39 is 0 Å². The third-order valence-electron chi connectivity index (χ3n) is 6.73. The van der Waals surface area contributed by atoms with E-state index in [0.29, 0.717) is 12.2 Å². The minimum absolute atomic E-state index is 0.0483. The second-order valence-corrected chi connectivity index (χ2v) is 9.67. The van der Waals surface area contributed by atoms with Gasteiger partial charge in [0.1, 0.15) is 13.3 Å². The van der Waals surface area contributed by atoms with E-state index >= 15 is 0 Å². The van der Waals surface area contributed by atoms with Gasteiger partial charge in [0.2, 0.25) is 5.43 Å². The Balaban J connectivity index is 1.71. The van der Waals surface area contributed by atoms with Crippen molar-refractivity contribution in [1.82, 2.24) is 9.58 Å². The number of carbonyl (C=O) groups excluding carboxylic acids is 1. The van der Waals surface area contributed by atoms with Gasteiger partial charge >= 0.3 is 0 Å². The zero-order valence-corrected chi connectivity index (χ0v) is 21.4. The molecule has 0 fully saturated rings. The van der Waals surface area contributed by atoms with Crippen molar-refractivity contribution >= 4 is 5.91 Å². The molecule has 1 aliphatic heterocycles. The maximum Gasteiger partial charge on any atom is 0.277 e. The number of carbonyl (C=O) groups is 1. The molecule has 188 valence electrons. The van der Waals surface area contributed by atoms with Crippen LogP contribution in [0.15, 0.2) is 102 Å². The van der Waals surface area contributed by atoms with Crippen LogP contribution in [0.2, 0.25) is 0 Å². The Kier molecular flexibility index (Phi) is 6.82. The van der Waals surface area contributed by atoms with Crippen LogP contribution in [0.25, 0.3) is 0 Å². The molecule has 0 saturated carbocycles. The van der Waals surface area contributed by atoms with Crippen molar-refractivity contribution in [2.24, 2.45) is 0 Å². The molecule has 0 saturated heterocycles.